The lowest BCUT2D eigenvalue weighted by Crippen LogP contribution is -2.28. The van der Waals surface area contributed by atoms with Gasteiger partial charge in [-0.3, -0.25) is 0 Å². The van der Waals surface area contributed by atoms with Gasteiger partial charge in [-0.1, -0.05) is 0 Å². The Morgan fingerprint density at radius 3 is 2.79 bits per heavy atom. The molecule has 1 aromatic heterocycles. The molecule has 1 rings (SSSR count). The lowest BCUT2D eigenvalue weighted by Gasteiger charge is -2.15. The summed E-state index contributed by atoms with van der Waals surface area (Å²) in [6.07, 6.45) is 1.18. The normalized spacial score (nSPS) is 11.1. The Morgan fingerprint density at radius 2 is 2.21 bits per heavy atom. The third-order valence-electron chi connectivity index (χ3n) is 2.43. The van der Waals surface area contributed by atoms with Crippen LogP contribution in [-0.2, 0) is 6.42 Å². The topological polar surface area (TPSA) is 15.3 Å². The van der Waals surface area contributed by atoms with E-state index in [0.717, 1.165) is 19.6 Å². The van der Waals surface area contributed by atoms with Gasteiger partial charge < -0.3 is 10.2 Å². The van der Waals surface area contributed by atoms with Gasteiger partial charge in [0, 0.05) is 24.5 Å². The lowest BCUT2D eigenvalue weighted by molar-refractivity contribution is 0.340. The van der Waals surface area contributed by atoms with Crippen molar-refractivity contribution in [3.05, 3.63) is 21.9 Å². The zero-order chi connectivity index (χ0) is 10.4. The van der Waals surface area contributed by atoms with Crippen molar-refractivity contribution in [2.24, 2.45) is 0 Å². The number of nitrogens with zero attached hydrogens (tertiary/aromatic N) is 1. The van der Waals surface area contributed by atoms with Crippen LogP contribution in [0.1, 0.15) is 10.4 Å². The largest absolute Gasteiger partial charge is 0.318 e. The van der Waals surface area contributed by atoms with E-state index in [0.29, 0.717) is 0 Å². The van der Waals surface area contributed by atoms with Crippen molar-refractivity contribution in [1.29, 1.82) is 0 Å². The predicted molar refractivity (Wildman–Crippen MR) is 64.2 cm³/mol. The van der Waals surface area contributed by atoms with E-state index in [2.05, 4.69) is 35.6 Å². The molecule has 14 heavy (non-hydrogen) atoms. The Balaban J connectivity index is 2.23. The van der Waals surface area contributed by atoms with Crippen LogP contribution in [0.5, 0.6) is 0 Å². The lowest BCUT2D eigenvalue weighted by atomic mass is 10.2. The summed E-state index contributed by atoms with van der Waals surface area (Å²) in [6.45, 7) is 5.54. The van der Waals surface area contributed by atoms with Gasteiger partial charge in [0.2, 0.25) is 0 Å². The molecule has 1 aromatic rings. The van der Waals surface area contributed by atoms with Crippen LogP contribution in [0.25, 0.3) is 0 Å². The van der Waals surface area contributed by atoms with Crippen LogP contribution in [0.4, 0.5) is 0 Å². The van der Waals surface area contributed by atoms with Gasteiger partial charge in [0.05, 0.1) is 0 Å². The average molecular weight is 212 g/mol. The molecule has 0 aliphatic heterocycles. The molecule has 1 heterocycles. The zero-order valence-corrected chi connectivity index (χ0v) is 10.2. The van der Waals surface area contributed by atoms with Crippen LogP contribution in [0.3, 0.4) is 0 Å². The van der Waals surface area contributed by atoms with E-state index >= 15 is 0 Å². The summed E-state index contributed by atoms with van der Waals surface area (Å²) in [4.78, 5) is 3.90. The molecule has 80 valence electrons. The Labute approximate surface area is 90.9 Å². The summed E-state index contributed by atoms with van der Waals surface area (Å²) in [7, 11) is 4.18. The fourth-order valence-corrected chi connectivity index (χ4v) is 2.27. The molecule has 0 spiro atoms. The van der Waals surface area contributed by atoms with E-state index in [-0.39, 0.29) is 0 Å². The minimum atomic E-state index is 1.07. The summed E-state index contributed by atoms with van der Waals surface area (Å²) in [5.74, 6) is 0. The smallest absolute Gasteiger partial charge is 0.0104 e. The van der Waals surface area contributed by atoms with Gasteiger partial charge >= 0.3 is 0 Å². The summed E-state index contributed by atoms with van der Waals surface area (Å²) >= 11 is 1.87. The highest BCUT2D eigenvalue weighted by molar-refractivity contribution is 7.10. The van der Waals surface area contributed by atoms with Gasteiger partial charge in [-0.25, -0.2) is 0 Å². The van der Waals surface area contributed by atoms with Crippen molar-refractivity contribution in [3.8, 4) is 0 Å². The fraction of sp³-hybridized carbons (Fsp3) is 0.636. The first kappa shape index (κ1) is 11.7. The second kappa shape index (κ2) is 6.17. The van der Waals surface area contributed by atoms with Crippen molar-refractivity contribution in [1.82, 2.24) is 10.2 Å². The Morgan fingerprint density at radius 1 is 1.43 bits per heavy atom. The van der Waals surface area contributed by atoms with Crippen LogP contribution < -0.4 is 5.32 Å². The van der Waals surface area contributed by atoms with Gasteiger partial charge in [-0.05, 0) is 44.4 Å². The zero-order valence-electron chi connectivity index (χ0n) is 9.34. The van der Waals surface area contributed by atoms with Gasteiger partial charge in [-0.2, -0.15) is 0 Å². The van der Waals surface area contributed by atoms with Crippen LogP contribution >= 0.6 is 11.3 Å². The molecule has 0 fully saturated rings. The van der Waals surface area contributed by atoms with E-state index in [1.54, 1.807) is 0 Å². The molecule has 0 amide bonds. The highest BCUT2D eigenvalue weighted by Crippen LogP contribution is 2.15. The number of likely N-dealkylation sites (N-methyl/N-ethyl adjacent to an activating group) is 2. The maximum Gasteiger partial charge on any atom is 0.0104 e. The molecule has 0 aliphatic rings. The van der Waals surface area contributed by atoms with Crippen molar-refractivity contribution < 1.29 is 0 Å². The highest BCUT2D eigenvalue weighted by Gasteiger charge is 2.02. The first-order valence-electron chi connectivity index (χ1n) is 5.10. The summed E-state index contributed by atoms with van der Waals surface area (Å²) in [5.41, 5.74) is 1.44. The van der Waals surface area contributed by atoms with Crippen molar-refractivity contribution >= 4 is 11.3 Å². The Kier molecular flexibility index (Phi) is 5.15. The molecule has 0 aromatic carbocycles. The summed E-state index contributed by atoms with van der Waals surface area (Å²) in [5, 5.41) is 5.34. The van der Waals surface area contributed by atoms with Crippen LogP contribution in [0.2, 0.25) is 0 Å². The van der Waals surface area contributed by atoms with E-state index < -0.39 is 0 Å². The van der Waals surface area contributed by atoms with Crippen molar-refractivity contribution in [3.63, 3.8) is 0 Å². The predicted octanol–water partition coefficient (Wildman–Crippen LogP) is 1.75. The van der Waals surface area contributed by atoms with Crippen molar-refractivity contribution in [2.45, 2.75) is 13.3 Å². The maximum atomic E-state index is 3.16. The van der Waals surface area contributed by atoms with Gasteiger partial charge in [-0.15, -0.1) is 11.3 Å². The average Bonchev–Trinajstić information content (AvgIpc) is 2.58. The second-order valence-corrected chi connectivity index (χ2v) is 4.68. The monoisotopic (exact) mass is 212 g/mol. The minimum absolute atomic E-state index is 1.07. The molecule has 0 unspecified atom stereocenters. The van der Waals surface area contributed by atoms with E-state index in [1.165, 1.54) is 16.9 Å². The van der Waals surface area contributed by atoms with Gasteiger partial charge in [0.25, 0.3) is 0 Å². The van der Waals surface area contributed by atoms with Crippen LogP contribution in [0.15, 0.2) is 11.4 Å². The third-order valence-corrected chi connectivity index (χ3v) is 3.52. The van der Waals surface area contributed by atoms with Gasteiger partial charge in [0.15, 0.2) is 0 Å². The Bertz CT molecular complexity index is 258. The quantitative estimate of drug-likeness (QED) is 0.773. The first-order chi connectivity index (χ1) is 6.74. The molecular weight excluding hydrogens is 192 g/mol. The number of nitrogens with one attached hydrogen (secondary N) is 1. The first-order valence-corrected chi connectivity index (χ1v) is 5.98. The number of thiophene rings is 1. The standard InChI is InChI=1S/C11H20N2S/c1-10-5-9-14-11(10)4-7-13(3)8-6-12-2/h5,9,12H,4,6-8H2,1-3H3. The third kappa shape index (κ3) is 3.78. The van der Waals surface area contributed by atoms with Crippen LogP contribution in [0, 0.1) is 6.92 Å². The maximum absolute atomic E-state index is 3.16. The molecule has 0 saturated carbocycles. The fourth-order valence-electron chi connectivity index (χ4n) is 1.37. The number of hydrogen-bond donors (Lipinski definition) is 1. The van der Waals surface area contributed by atoms with E-state index in [1.807, 2.05) is 18.4 Å². The summed E-state index contributed by atoms with van der Waals surface area (Å²) < 4.78 is 0. The number of rotatable bonds is 6. The minimum Gasteiger partial charge on any atom is -0.318 e. The SMILES string of the molecule is CNCCN(C)CCc1sccc1C. The summed E-state index contributed by atoms with van der Waals surface area (Å²) in [6, 6.07) is 2.20. The van der Waals surface area contributed by atoms with E-state index in [4.69, 9.17) is 0 Å². The number of aryl methyl sites for hydroxylation is 1. The molecule has 0 radical (unpaired) electrons. The van der Waals surface area contributed by atoms with E-state index in [9.17, 15) is 0 Å². The molecule has 0 bridgehead atoms. The molecule has 0 atom stereocenters. The molecular formula is C11H20N2S. The van der Waals surface area contributed by atoms with Gasteiger partial charge in [0.1, 0.15) is 0 Å². The molecule has 2 nitrogen and oxygen atoms in total. The number of hydrogen-bond acceptors (Lipinski definition) is 3. The Hall–Kier alpha value is -0.380. The molecule has 3 heteroatoms. The second-order valence-electron chi connectivity index (χ2n) is 3.68. The molecule has 0 aliphatic carbocycles. The highest BCUT2D eigenvalue weighted by atomic mass is 32.1. The van der Waals surface area contributed by atoms with Crippen LogP contribution in [-0.4, -0.2) is 38.6 Å². The van der Waals surface area contributed by atoms with Crippen molar-refractivity contribution in [2.75, 3.05) is 33.7 Å². The molecule has 0 saturated heterocycles. The molecule has 1 N–H and O–H groups in total.